The summed E-state index contributed by atoms with van der Waals surface area (Å²) in [5.41, 5.74) is -0.419. The zero-order valence-electron chi connectivity index (χ0n) is 18.9. The van der Waals surface area contributed by atoms with E-state index in [0.29, 0.717) is 31.8 Å². The SMILES string of the molecule is O=C(NCCCC(=O)N1CCOC(c2ccccc2)C1)c1cn(-c2ccccc2)nc1C(F)(F)F. The van der Waals surface area contributed by atoms with Crippen molar-refractivity contribution in [2.75, 3.05) is 26.2 Å². The molecule has 1 saturated heterocycles. The van der Waals surface area contributed by atoms with E-state index >= 15 is 0 Å². The molecule has 1 fully saturated rings. The van der Waals surface area contributed by atoms with Crippen LogP contribution in [0.15, 0.2) is 66.9 Å². The quantitative estimate of drug-likeness (QED) is 0.513. The molecule has 7 nitrogen and oxygen atoms in total. The van der Waals surface area contributed by atoms with Crippen LogP contribution >= 0.6 is 0 Å². The molecule has 1 aliphatic rings. The lowest BCUT2D eigenvalue weighted by atomic mass is 10.1. The molecule has 1 aliphatic heterocycles. The topological polar surface area (TPSA) is 76.5 Å². The third kappa shape index (κ3) is 6.07. The maximum absolute atomic E-state index is 13.5. The molecule has 0 bridgehead atoms. The van der Waals surface area contributed by atoms with Gasteiger partial charge in [-0.25, -0.2) is 4.68 Å². The van der Waals surface area contributed by atoms with Crippen LogP contribution in [0.4, 0.5) is 13.2 Å². The van der Waals surface area contributed by atoms with Crippen LogP contribution in [-0.2, 0) is 15.7 Å². The van der Waals surface area contributed by atoms with Crippen molar-refractivity contribution < 1.29 is 27.5 Å². The molecule has 1 unspecified atom stereocenters. The van der Waals surface area contributed by atoms with Crippen molar-refractivity contribution in [2.24, 2.45) is 0 Å². The van der Waals surface area contributed by atoms with Crippen molar-refractivity contribution in [3.05, 3.63) is 83.7 Å². The van der Waals surface area contributed by atoms with Crippen molar-refractivity contribution in [1.82, 2.24) is 20.0 Å². The van der Waals surface area contributed by atoms with E-state index in [1.807, 2.05) is 30.3 Å². The highest BCUT2D eigenvalue weighted by Crippen LogP contribution is 2.31. The molecule has 0 spiro atoms. The number of amides is 2. The van der Waals surface area contributed by atoms with Crippen molar-refractivity contribution in [2.45, 2.75) is 25.1 Å². The summed E-state index contributed by atoms with van der Waals surface area (Å²) in [6.07, 6.45) is -3.45. The highest BCUT2D eigenvalue weighted by Gasteiger charge is 2.39. The number of carbonyl (C=O) groups excluding carboxylic acids is 2. The summed E-state index contributed by atoms with van der Waals surface area (Å²) in [5.74, 6) is -0.973. The minimum Gasteiger partial charge on any atom is -0.370 e. The van der Waals surface area contributed by atoms with Gasteiger partial charge in [0.15, 0.2) is 5.69 Å². The Morgan fingerprint density at radius 1 is 1.06 bits per heavy atom. The van der Waals surface area contributed by atoms with Crippen LogP contribution in [0.25, 0.3) is 5.69 Å². The predicted octanol–water partition coefficient (Wildman–Crippen LogP) is 4.00. The summed E-state index contributed by atoms with van der Waals surface area (Å²) in [4.78, 5) is 26.9. The summed E-state index contributed by atoms with van der Waals surface area (Å²) in [5, 5.41) is 6.06. The molecule has 1 aromatic heterocycles. The first kappa shape index (κ1) is 24.5. The van der Waals surface area contributed by atoms with Crippen molar-refractivity contribution in [3.8, 4) is 5.69 Å². The van der Waals surface area contributed by atoms with Crippen LogP contribution in [0.5, 0.6) is 0 Å². The van der Waals surface area contributed by atoms with Gasteiger partial charge in [-0.3, -0.25) is 9.59 Å². The number of para-hydroxylation sites is 1. The van der Waals surface area contributed by atoms with E-state index in [2.05, 4.69) is 10.4 Å². The highest BCUT2D eigenvalue weighted by molar-refractivity contribution is 5.95. The molecule has 0 aliphatic carbocycles. The van der Waals surface area contributed by atoms with Gasteiger partial charge in [0.05, 0.1) is 24.4 Å². The number of carbonyl (C=O) groups is 2. The minimum absolute atomic E-state index is 0.0604. The first-order valence-electron chi connectivity index (χ1n) is 11.3. The fraction of sp³-hybridized carbons (Fsp3) is 0.320. The molecule has 4 rings (SSSR count). The van der Waals surface area contributed by atoms with Gasteiger partial charge in [0.1, 0.15) is 6.10 Å². The van der Waals surface area contributed by atoms with E-state index < -0.39 is 23.3 Å². The van der Waals surface area contributed by atoms with E-state index in [0.717, 1.165) is 16.4 Å². The van der Waals surface area contributed by atoms with E-state index in [1.54, 1.807) is 35.2 Å². The van der Waals surface area contributed by atoms with Crippen LogP contribution in [0.3, 0.4) is 0 Å². The predicted molar refractivity (Wildman–Crippen MR) is 122 cm³/mol. The Morgan fingerprint density at radius 3 is 2.43 bits per heavy atom. The second-order valence-electron chi connectivity index (χ2n) is 8.14. The lowest BCUT2D eigenvalue weighted by Crippen LogP contribution is -2.42. The van der Waals surface area contributed by atoms with Gasteiger partial charge in [-0.05, 0) is 24.1 Å². The van der Waals surface area contributed by atoms with E-state index in [4.69, 9.17) is 4.74 Å². The molecule has 2 heterocycles. The molecule has 0 radical (unpaired) electrons. The molecule has 35 heavy (non-hydrogen) atoms. The van der Waals surface area contributed by atoms with Crippen molar-refractivity contribution in [1.29, 1.82) is 0 Å². The number of nitrogens with zero attached hydrogens (tertiary/aromatic N) is 3. The second kappa shape index (κ2) is 10.7. The number of hydrogen-bond acceptors (Lipinski definition) is 4. The first-order valence-corrected chi connectivity index (χ1v) is 11.3. The van der Waals surface area contributed by atoms with Crippen LogP contribution < -0.4 is 5.32 Å². The summed E-state index contributed by atoms with van der Waals surface area (Å²) in [6.45, 7) is 1.39. The smallest absolute Gasteiger partial charge is 0.370 e. The van der Waals surface area contributed by atoms with Crippen LogP contribution in [0.1, 0.15) is 40.6 Å². The molecule has 2 aromatic carbocycles. The normalized spacial score (nSPS) is 16.2. The molecular formula is C25H25F3N4O3. The van der Waals surface area contributed by atoms with Gasteiger partial charge in [-0.15, -0.1) is 0 Å². The average Bonchev–Trinajstić information content (AvgIpc) is 3.34. The number of benzene rings is 2. The number of ether oxygens (including phenoxy) is 1. The van der Waals surface area contributed by atoms with Gasteiger partial charge in [-0.2, -0.15) is 18.3 Å². The Morgan fingerprint density at radius 2 is 1.74 bits per heavy atom. The summed E-state index contributed by atoms with van der Waals surface area (Å²) < 4.78 is 47.2. The maximum atomic E-state index is 13.5. The molecular weight excluding hydrogens is 461 g/mol. The van der Waals surface area contributed by atoms with Gasteiger partial charge in [0.25, 0.3) is 5.91 Å². The molecule has 10 heteroatoms. The monoisotopic (exact) mass is 486 g/mol. The Bertz CT molecular complexity index is 1150. The lowest BCUT2D eigenvalue weighted by molar-refractivity contribution is -0.141. The maximum Gasteiger partial charge on any atom is 0.435 e. The number of hydrogen-bond donors (Lipinski definition) is 1. The van der Waals surface area contributed by atoms with Gasteiger partial charge >= 0.3 is 6.18 Å². The highest BCUT2D eigenvalue weighted by atomic mass is 19.4. The lowest BCUT2D eigenvalue weighted by Gasteiger charge is -2.33. The number of nitrogens with one attached hydrogen (secondary N) is 1. The Kier molecular flexibility index (Phi) is 7.50. The number of rotatable bonds is 7. The largest absolute Gasteiger partial charge is 0.435 e. The number of halogens is 3. The zero-order chi connectivity index (χ0) is 24.8. The Balaban J connectivity index is 1.31. The third-order valence-corrected chi connectivity index (χ3v) is 5.69. The molecule has 0 saturated carbocycles. The minimum atomic E-state index is -4.78. The van der Waals surface area contributed by atoms with Crippen molar-refractivity contribution in [3.63, 3.8) is 0 Å². The van der Waals surface area contributed by atoms with Gasteiger partial charge < -0.3 is 15.0 Å². The van der Waals surface area contributed by atoms with E-state index in [1.165, 1.54) is 0 Å². The first-order chi connectivity index (χ1) is 16.8. The van der Waals surface area contributed by atoms with E-state index in [9.17, 15) is 22.8 Å². The molecule has 1 N–H and O–H groups in total. The number of morpholine rings is 1. The standard InChI is InChI=1S/C25H25F3N4O3/c26-25(27,28)23-20(16-32(30-23)19-10-5-2-6-11-19)24(34)29-13-7-12-22(33)31-14-15-35-21(17-31)18-8-3-1-4-9-18/h1-6,8-11,16,21H,7,12-15,17H2,(H,29,34). The summed E-state index contributed by atoms with van der Waals surface area (Å²) in [7, 11) is 0. The van der Waals surface area contributed by atoms with Gasteiger partial charge in [0.2, 0.25) is 5.91 Å². The fourth-order valence-corrected chi connectivity index (χ4v) is 3.90. The number of aromatic nitrogens is 2. The van der Waals surface area contributed by atoms with Crippen molar-refractivity contribution >= 4 is 11.8 Å². The van der Waals surface area contributed by atoms with Gasteiger partial charge in [-0.1, -0.05) is 48.5 Å². The summed E-state index contributed by atoms with van der Waals surface area (Å²) in [6, 6.07) is 17.9. The molecule has 1 atom stereocenters. The second-order valence-corrected chi connectivity index (χ2v) is 8.14. The zero-order valence-corrected chi connectivity index (χ0v) is 18.9. The fourth-order valence-electron chi connectivity index (χ4n) is 3.90. The average molecular weight is 486 g/mol. The van der Waals surface area contributed by atoms with E-state index in [-0.39, 0.29) is 25.0 Å². The molecule has 2 amide bonds. The molecule has 184 valence electrons. The van der Waals surface area contributed by atoms with Crippen LogP contribution in [-0.4, -0.2) is 52.7 Å². The Labute approximate surface area is 200 Å². The number of alkyl halides is 3. The van der Waals surface area contributed by atoms with Crippen LogP contribution in [0.2, 0.25) is 0 Å². The summed E-state index contributed by atoms with van der Waals surface area (Å²) >= 11 is 0. The van der Waals surface area contributed by atoms with Gasteiger partial charge in [0, 0.05) is 25.7 Å². The Hall–Kier alpha value is -3.66. The third-order valence-electron chi connectivity index (χ3n) is 5.69. The van der Waals surface area contributed by atoms with Crippen LogP contribution in [0, 0.1) is 0 Å². The molecule has 3 aromatic rings.